The van der Waals surface area contributed by atoms with Crippen LogP contribution in [-0.2, 0) is 20.8 Å². The summed E-state index contributed by atoms with van der Waals surface area (Å²) in [4.78, 5) is 38.2. The molecule has 0 bridgehead atoms. The third-order valence-corrected chi connectivity index (χ3v) is 5.46. The van der Waals surface area contributed by atoms with Crippen molar-refractivity contribution in [3.63, 3.8) is 0 Å². The molecule has 3 amide bonds. The molecule has 2 aromatic carbocycles. The lowest BCUT2D eigenvalue weighted by Gasteiger charge is -2.25. The SMILES string of the molecule is CN(CC(=O)Nc1ccccc1Br)C(=O)CCC1Cc2ccccc2NC1=O. The smallest absolute Gasteiger partial charge is 0.244 e. The fourth-order valence-electron chi connectivity index (χ4n) is 3.19. The van der Waals surface area contributed by atoms with Crippen molar-refractivity contribution < 1.29 is 14.4 Å². The Balaban J connectivity index is 1.49. The molecule has 0 fully saturated rings. The molecule has 146 valence electrons. The minimum absolute atomic E-state index is 0.0418. The quantitative estimate of drug-likeness (QED) is 0.717. The average Bonchev–Trinajstić information content (AvgIpc) is 2.67. The lowest BCUT2D eigenvalue weighted by Crippen LogP contribution is -2.36. The van der Waals surface area contributed by atoms with E-state index >= 15 is 0 Å². The molecule has 1 aliphatic rings. The Bertz CT molecular complexity index is 900. The van der Waals surface area contributed by atoms with E-state index in [2.05, 4.69) is 26.6 Å². The first kappa shape index (κ1) is 20.1. The molecule has 0 saturated carbocycles. The van der Waals surface area contributed by atoms with Crippen molar-refractivity contribution in [3.05, 3.63) is 58.6 Å². The molecule has 0 saturated heterocycles. The fraction of sp³-hybridized carbons (Fsp3) is 0.286. The van der Waals surface area contributed by atoms with Gasteiger partial charge in [0, 0.05) is 29.5 Å². The van der Waals surface area contributed by atoms with Crippen molar-refractivity contribution in [1.29, 1.82) is 0 Å². The number of hydrogen-bond donors (Lipinski definition) is 2. The summed E-state index contributed by atoms with van der Waals surface area (Å²) in [7, 11) is 1.60. The zero-order valence-electron chi connectivity index (χ0n) is 15.6. The summed E-state index contributed by atoms with van der Waals surface area (Å²) in [6.45, 7) is -0.0418. The number of halogens is 1. The normalized spacial score (nSPS) is 15.4. The minimum Gasteiger partial charge on any atom is -0.336 e. The van der Waals surface area contributed by atoms with Crippen LogP contribution in [0.5, 0.6) is 0 Å². The van der Waals surface area contributed by atoms with Crippen molar-refractivity contribution in [2.75, 3.05) is 24.2 Å². The Morgan fingerprint density at radius 1 is 1.18 bits per heavy atom. The largest absolute Gasteiger partial charge is 0.336 e. The molecule has 2 aromatic rings. The first-order valence-electron chi connectivity index (χ1n) is 9.11. The van der Waals surface area contributed by atoms with Gasteiger partial charge in [0.15, 0.2) is 0 Å². The van der Waals surface area contributed by atoms with Crippen molar-refractivity contribution in [1.82, 2.24) is 4.90 Å². The summed E-state index contributed by atoms with van der Waals surface area (Å²) < 4.78 is 0.779. The summed E-state index contributed by atoms with van der Waals surface area (Å²) >= 11 is 3.37. The molecule has 0 radical (unpaired) electrons. The van der Waals surface area contributed by atoms with Crippen LogP contribution in [0, 0.1) is 5.92 Å². The Hall–Kier alpha value is -2.67. The van der Waals surface area contributed by atoms with Gasteiger partial charge in [-0.15, -0.1) is 0 Å². The summed E-state index contributed by atoms with van der Waals surface area (Å²) in [6, 6.07) is 15.0. The molecule has 28 heavy (non-hydrogen) atoms. The lowest BCUT2D eigenvalue weighted by molar-refractivity contribution is -0.133. The summed E-state index contributed by atoms with van der Waals surface area (Å²) in [6.07, 6.45) is 1.30. The highest BCUT2D eigenvalue weighted by atomic mass is 79.9. The van der Waals surface area contributed by atoms with Crippen LogP contribution < -0.4 is 10.6 Å². The highest BCUT2D eigenvalue weighted by Gasteiger charge is 2.26. The Kier molecular flexibility index (Phi) is 6.46. The van der Waals surface area contributed by atoms with Gasteiger partial charge in [-0.2, -0.15) is 0 Å². The van der Waals surface area contributed by atoms with Crippen LogP contribution in [0.2, 0.25) is 0 Å². The van der Waals surface area contributed by atoms with Gasteiger partial charge in [-0.3, -0.25) is 14.4 Å². The maximum atomic E-state index is 12.4. The van der Waals surface area contributed by atoms with Gasteiger partial charge in [-0.25, -0.2) is 0 Å². The third-order valence-electron chi connectivity index (χ3n) is 4.77. The van der Waals surface area contributed by atoms with E-state index in [0.717, 1.165) is 15.7 Å². The molecule has 1 aliphatic heterocycles. The van der Waals surface area contributed by atoms with Crippen LogP contribution in [0.4, 0.5) is 11.4 Å². The Labute approximate surface area is 172 Å². The average molecular weight is 444 g/mol. The monoisotopic (exact) mass is 443 g/mol. The van der Waals surface area contributed by atoms with Gasteiger partial charge < -0.3 is 15.5 Å². The zero-order chi connectivity index (χ0) is 20.1. The molecule has 6 nitrogen and oxygen atoms in total. The van der Waals surface area contributed by atoms with Crippen molar-refractivity contribution >= 4 is 45.0 Å². The number of para-hydroxylation sites is 2. The molecule has 1 unspecified atom stereocenters. The van der Waals surface area contributed by atoms with E-state index in [9.17, 15) is 14.4 Å². The number of anilines is 2. The number of nitrogens with zero attached hydrogens (tertiary/aromatic N) is 1. The van der Waals surface area contributed by atoms with Gasteiger partial charge in [0.2, 0.25) is 17.7 Å². The molecule has 0 aliphatic carbocycles. The number of fused-ring (bicyclic) bond motifs is 1. The predicted octanol–water partition coefficient (Wildman–Crippen LogP) is 3.44. The second-order valence-electron chi connectivity index (χ2n) is 6.86. The minimum atomic E-state index is -0.271. The molecular weight excluding hydrogens is 422 g/mol. The van der Waals surface area contributed by atoms with Gasteiger partial charge in [-0.05, 0) is 52.5 Å². The lowest BCUT2D eigenvalue weighted by atomic mass is 9.89. The number of hydrogen-bond acceptors (Lipinski definition) is 3. The van der Waals surface area contributed by atoms with Crippen LogP contribution in [0.15, 0.2) is 53.0 Å². The maximum absolute atomic E-state index is 12.4. The zero-order valence-corrected chi connectivity index (χ0v) is 17.2. The topological polar surface area (TPSA) is 78.5 Å². The van der Waals surface area contributed by atoms with Gasteiger partial charge in [-0.1, -0.05) is 30.3 Å². The standard InChI is InChI=1S/C21H22BrN3O3/c1-25(13-19(26)23-18-9-5-3-7-16(18)22)20(27)11-10-15-12-14-6-2-4-8-17(14)24-21(15)28/h2-9,15H,10-13H2,1H3,(H,23,26)(H,24,28). The first-order valence-corrected chi connectivity index (χ1v) is 9.90. The molecule has 1 atom stereocenters. The van der Waals surface area contributed by atoms with E-state index < -0.39 is 0 Å². The van der Waals surface area contributed by atoms with Crippen LogP contribution in [0.3, 0.4) is 0 Å². The number of nitrogens with one attached hydrogen (secondary N) is 2. The van der Waals surface area contributed by atoms with Gasteiger partial charge in [0.05, 0.1) is 12.2 Å². The molecule has 2 N–H and O–H groups in total. The number of rotatable bonds is 6. The van der Waals surface area contributed by atoms with Gasteiger partial charge >= 0.3 is 0 Å². The molecule has 1 heterocycles. The number of carbonyl (C=O) groups excluding carboxylic acids is 3. The highest BCUT2D eigenvalue weighted by molar-refractivity contribution is 9.10. The second kappa shape index (κ2) is 9.01. The summed E-state index contributed by atoms with van der Waals surface area (Å²) in [5, 5.41) is 5.67. The van der Waals surface area contributed by atoms with E-state index in [4.69, 9.17) is 0 Å². The number of carbonyl (C=O) groups is 3. The number of amides is 3. The third kappa shape index (κ3) is 4.98. The highest BCUT2D eigenvalue weighted by Crippen LogP contribution is 2.27. The first-order chi connectivity index (χ1) is 13.4. The summed E-state index contributed by atoms with van der Waals surface area (Å²) in [5.74, 6) is -0.719. The van der Waals surface area contributed by atoms with E-state index in [0.29, 0.717) is 18.5 Å². The number of likely N-dealkylation sites (N-methyl/N-ethyl adjacent to an activating group) is 1. The molecule has 7 heteroatoms. The van der Waals surface area contributed by atoms with Crippen LogP contribution >= 0.6 is 15.9 Å². The maximum Gasteiger partial charge on any atom is 0.244 e. The van der Waals surface area contributed by atoms with E-state index in [1.165, 1.54) is 4.90 Å². The van der Waals surface area contributed by atoms with Crippen molar-refractivity contribution in [2.24, 2.45) is 5.92 Å². The fourth-order valence-corrected chi connectivity index (χ4v) is 3.57. The van der Waals surface area contributed by atoms with Gasteiger partial charge in [0.25, 0.3) is 0 Å². The van der Waals surface area contributed by atoms with E-state index in [1.54, 1.807) is 13.1 Å². The van der Waals surface area contributed by atoms with Crippen molar-refractivity contribution in [2.45, 2.75) is 19.3 Å². The van der Waals surface area contributed by atoms with Crippen molar-refractivity contribution in [3.8, 4) is 0 Å². The number of benzene rings is 2. The molecule has 0 spiro atoms. The Morgan fingerprint density at radius 2 is 1.89 bits per heavy atom. The molecule has 0 aromatic heterocycles. The van der Waals surface area contributed by atoms with Crippen LogP contribution in [0.25, 0.3) is 0 Å². The van der Waals surface area contributed by atoms with Gasteiger partial charge in [0.1, 0.15) is 0 Å². The van der Waals surface area contributed by atoms with E-state index in [1.807, 2.05) is 42.5 Å². The second-order valence-corrected chi connectivity index (χ2v) is 7.72. The predicted molar refractivity (Wildman–Crippen MR) is 112 cm³/mol. The van der Waals surface area contributed by atoms with Crippen LogP contribution in [0.1, 0.15) is 18.4 Å². The van der Waals surface area contributed by atoms with Crippen LogP contribution in [-0.4, -0.2) is 36.2 Å². The summed E-state index contributed by atoms with van der Waals surface area (Å²) in [5.41, 5.74) is 2.59. The van der Waals surface area contributed by atoms with E-state index in [-0.39, 0.29) is 36.6 Å². The molecule has 3 rings (SSSR count). The Morgan fingerprint density at radius 3 is 2.68 bits per heavy atom. The molecular formula is C21H22BrN3O3.